The Bertz CT molecular complexity index is 288. The number of rotatable bonds is 3. The summed E-state index contributed by atoms with van der Waals surface area (Å²) in [4.78, 5) is 11.7. The van der Waals surface area contributed by atoms with Crippen LogP contribution in [0.15, 0.2) is 12.3 Å². The van der Waals surface area contributed by atoms with Gasteiger partial charge in [-0.05, 0) is 37.9 Å². The van der Waals surface area contributed by atoms with E-state index in [2.05, 4.69) is 15.5 Å². The molecule has 1 aromatic heterocycles. The van der Waals surface area contributed by atoms with Gasteiger partial charge in [0, 0.05) is 12.6 Å². The lowest BCUT2D eigenvalue weighted by Gasteiger charge is -2.21. The van der Waals surface area contributed by atoms with Crippen molar-refractivity contribution in [2.75, 3.05) is 13.1 Å². The van der Waals surface area contributed by atoms with Gasteiger partial charge in [0.25, 0.3) is 0 Å². The van der Waals surface area contributed by atoms with Gasteiger partial charge in [-0.15, -0.1) is 0 Å². The number of hydrogen-bond donors (Lipinski definition) is 2. The first-order valence-electron chi connectivity index (χ1n) is 5.09. The minimum absolute atomic E-state index is 0.189. The minimum atomic E-state index is 0.189. The fraction of sp³-hybridized carbons (Fsp3) is 0.600. The maximum atomic E-state index is 11.7. The molecule has 0 bridgehead atoms. The maximum Gasteiger partial charge on any atom is 0.180 e. The van der Waals surface area contributed by atoms with Gasteiger partial charge in [-0.1, -0.05) is 0 Å². The molecule has 76 valence electrons. The van der Waals surface area contributed by atoms with E-state index in [0.717, 1.165) is 25.9 Å². The highest BCUT2D eigenvalue weighted by Crippen LogP contribution is 2.17. The summed E-state index contributed by atoms with van der Waals surface area (Å²) in [5.74, 6) is 0.737. The number of nitrogens with zero attached hydrogens (tertiary/aromatic N) is 1. The molecule has 1 saturated heterocycles. The average molecular weight is 193 g/mol. The summed E-state index contributed by atoms with van der Waals surface area (Å²) in [5.41, 5.74) is 0.642. The van der Waals surface area contributed by atoms with Gasteiger partial charge in [0.2, 0.25) is 0 Å². The second kappa shape index (κ2) is 4.37. The first-order valence-corrected chi connectivity index (χ1v) is 5.09. The van der Waals surface area contributed by atoms with E-state index in [4.69, 9.17) is 0 Å². The Morgan fingerprint density at radius 1 is 1.50 bits per heavy atom. The summed E-state index contributed by atoms with van der Waals surface area (Å²) in [5, 5.41) is 9.78. The molecule has 1 aromatic rings. The van der Waals surface area contributed by atoms with E-state index in [1.165, 1.54) is 0 Å². The predicted octanol–water partition coefficient (Wildman–Crippen LogP) is 0.982. The number of ketones is 1. The third kappa shape index (κ3) is 2.20. The van der Waals surface area contributed by atoms with Crippen LogP contribution in [0, 0.1) is 5.92 Å². The molecule has 14 heavy (non-hydrogen) atoms. The molecule has 0 aromatic carbocycles. The van der Waals surface area contributed by atoms with E-state index in [1.807, 2.05) is 0 Å². The number of carbonyl (C=O) groups is 1. The van der Waals surface area contributed by atoms with Gasteiger partial charge in [-0.2, -0.15) is 5.10 Å². The monoisotopic (exact) mass is 193 g/mol. The first-order chi connectivity index (χ1) is 6.86. The standard InChI is InChI=1S/C10H15N3O/c14-10(9-3-6-12-13-9)7-8-1-4-11-5-2-8/h3,6,8,11H,1-2,4-5,7H2,(H,12,13). The van der Waals surface area contributed by atoms with E-state index in [0.29, 0.717) is 18.0 Å². The van der Waals surface area contributed by atoms with Crippen LogP contribution < -0.4 is 5.32 Å². The van der Waals surface area contributed by atoms with Crippen LogP contribution >= 0.6 is 0 Å². The molecule has 1 aliphatic rings. The fourth-order valence-electron chi connectivity index (χ4n) is 1.87. The Kier molecular flexibility index (Phi) is 2.93. The SMILES string of the molecule is O=C(CC1CCNCC1)c1ccn[nH]1. The zero-order chi connectivity index (χ0) is 9.80. The van der Waals surface area contributed by atoms with Crippen LogP contribution in [0.5, 0.6) is 0 Å². The second-order valence-corrected chi connectivity index (χ2v) is 3.79. The van der Waals surface area contributed by atoms with Crippen molar-refractivity contribution in [3.63, 3.8) is 0 Å². The molecule has 2 heterocycles. The fourth-order valence-corrected chi connectivity index (χ4v) is 1.87. The van der Waals surface area contributed by atoms with Crippen molar-refractivity contribution in [3.05, 3.63) is 18.0 Å². The van der Waals surface area contributed by atoms with Gasteiger partial charge >= 0.3 is 0 Å². The van der Waals surface area contributed by atoms with Crippen LogP contribution in [0.2, 0.25) is 0 Å². The van der Waals surface area contributed by atoms with E-state index < -0.39 is 0 Å². The molecule has 0 amide bonds. The van der Waals surface area contributed by atoms with E-state index in [-0.39, 0.29) is 5.78 Å². The van der Waals surface area contributed by atoms with Gasteiger partial charge < -0.3 is 5.32 Å². The van der Waals surface area contributed by atoms with E-state index >= 15 is 0 Å². The molecule has 4 heteroatoms. The third-order valence-corrected chi connectivity index (χ3v) is 2.73. The summed E-state index contributed by atoms with van der Waals surface area (Å²) in [6.45, 7) is 2.09. The summed E-state index contributed by atoms with van der Waals surface area (Å²) in [7, 11) is 0. The van der Waals surface area contributed by atoms with E-state index in [9.17, 15) is 4.79 Å². The number of nitrogens with one attached hydrogen (secondary N) is 2. The molecule has 4 nitrogen and oxygen atoms in total. The minimum Gasteiger partial charge on any atom is -0.317 e. The number of piperidine rings is 1. The lowest BCUT2D eigenvalue weighted by molar-refractivity contribution is 0.0947. The summed E-state index contributed by atoms with van der Waals surface area (Å²) in [6.07, 6.45) is 4.50. The van der Waals surface area contributed by atoms with Crippen molar-refractivity contribution >= 4 is 5.78 Å². The largest absolute Gasteiger partial charge is 0.317 e. The van der Waals surface area contributed by atoms with Crippen LogP contribution in [-0.2, 0) is 0 Å². The van der Waals surface area contributed by atoms with E-state index in [1.54, 1.807) is 12.3 Å². The molecule has 1 fully saturated rings. The Morgan fingerprint density at radius 2 is 2.29 bits per heavy atom. The van der Waals surface area contributed by atoms with Crippen molar-refractivity contribution in [2.24, 2.45) is 5.92 Å². The number of carbonyl (C=O) groups excluding carboxylic acids is 1. The van der Waals surface area contributed by atoms with Crippen molar-refractivity contribution in [1.29, 1.82) is 0 Å². The molecule has 2 N–H and O–H groups in total. The topological polar surface area (TPSA) is 57.8 Å². The van der Waals surface area contributed by atoms with Crippen LogP contribution in [0.4, 0.5) is 0 Å². The number of H-pyrrole nitrogens is 1. The molecule has 0 unspecified atom stereocenters. The predicted molar refractivity (Wildman–Crippen MR) is 53.1 cm³/mol. The zero-order valence-corrected chi connectivity index (χ0v) is 8.12. The normalized spacial score (nSPS) is 18.3. The number of aromatic nitrogens is 2. The molecular weight excluding hydrogens is 178 g/mol. The van der Waals surface area contributed by atoms with Crippen molar-refractivity contribution in [2.45, 2.75) is 19.3 Å². The lowest BCUT2D eigenvalue weighted by Crippen LogP contribution is -2.28. The van der Waals surface area contributed by atoms with Crippen LogP contribution in [0.25, 0.3) is 0 Å². The van der Waals surface area contributed by atoms with Crippen molar-refractivity contribution in [3.8, 4) is 0 Å². The number of Topliss-reactive ketones (excluding diaryl/α,β-unsaturated/α-hetero) is 1. The molecule has 0 aliphatic carbocycles. The van der Waals surface area contributed by atoms with Crippen LogP contribution in [0.1, 0.15) is 29.8 Å². The quantitative estimate of drug-likeness (QED) is 0.703. The highest BCUT2D eigenvalue weighted by atomic mass is 16.1. The molecule has 0 radical (unpaired) electrons. The number of aromatic amines is 1. The Hall–Kier alpha value is -1.16. The van der Waals surface area contributed by atoms with Crippen LogP contribution in [-0.4, -0.2) is 29.1 Å². The van der Waals surface area contributed by atoms with Crippen molar-refractivity contribution in [1.82, 2.24) is 15.5 Å². The van der Waals surface area contributed by atoms with Crippen LogP contribution in [0.3, 0.4) is 0 Å². The van der Waals surface area contributed by atoms with Gasteiger partial charge in [-0.3, -0.25) is 9.89 Å². The Morgan fingerprint density at radius 3 is 2.93 bits per heavy atom. The Balaban J connectivity index is 1.87. The Labute approximate surface area is 83.1 Å². The van der Waals surface area contributed by atoms with Crippen molar-refractivity contribution < 1.29 is 4.79 Å². The lowest BCUT2D eigenvalue weighted by atomic mass is 9.92. The maximum absolute atomic E-state index is 11.7. The molecule has 2 rings (SSSR count). The number of hydrogen-bond acceptors (Lipinski definition) is 3. The second-order valence-electron chi connectivity index (χ2n) is 3.79. The first kappa shape index (κ1) is 9.40. The third-order valence-electron chi connectivity index (χ3n) is 2.73. The van der Waals surface area contributed by atoms with Gasteiger partial charge in [0.05, 0.1) is 0 Å². The smallest absolute Gasteiger partial charge is 0.180 e. The van der Waals surface area contributed by atoms with Gasteiger partial charge in [0.1, 0.15) is 5.69 Å². The molecule has 0 saturated carbocycles. The zero-order valence-electron chi connectivity index (χ0n) is 8.12. The average Bonchev–Trinajstić information content (AvgIpc) is 2.72. The summed E-state index contributed by atoms with van der Waals surface area (Å²) in [6, 6.07) is 1.74. The van der Waals surface area contributed by atoms with Gasteiger partial charge in [-0.25, -0.2) is 0 Å². The van der Waals surface area contributed by atoms with Gasteiger partial charge in [0.15, 0.2) is 5.78 Å². The molecule has 0 spiro atoms. The summed E-state index contributed by atoms with van der Waals surface area (Å²) >= 11 is 0. The molecular formula is C10H15N3O. The molecule has 1 aliphatic heterocycles. The molecule has 0 atom stereocenters. The highest BCUT2D eigenvalue weighted by molar-refractivity contribution is 5.94. The highest BCUT2D eigenvalue weighted by Gasteiger charge is 2.18. The summed E-state index contributed by atoms with van der Waals surface area (Å²) < 4.78 is 0.